The van der Waals surface area contributed by atoms with Crippen molar-refractivity contribution in [3.05, 3.63) is 46.3 Å². The van der Waals surface area contributed by atoms with Gasteiger partial charge in [0, 0.05) is 13.6 Å². The van der Waals surface area contributed by atoms with Crippen LogP contribution in [0.3, 0.4) is 0 Å². The lowest BCUT2D eigenvalue weighted by Gasteiger charge is -2.21. The number of nitrogens with one attached hydrogen (secondary N) is 1. The number of carbonyl (C=O) groups excluding carboxylic acids is 1. The van der Waals surface area contributed by atoms with Crippen LogP contribution in [0, 0.1) is 0 Å². The van der Waals surface area contributed by atoms with E-state index in [4.69, 9.17) is 0 Å². The summed E-state index contributed by atoms with van der Waals surface area (Å²) in [6.45, 7) is 0.951. The van der Waals surface area contributed by atoms with Crippen LogP contribution < -0.4 is 5.56 Å². The summed E-state index contributed by atoms with van der Waals surface area (Å²) in [7, 11) is 1.70. The van der Waals surface area contributed by atoms with Crippen LogP contribution in [0.4, 0.5) is 0 Å². The Balaban J connectivity index is 1.58. The summed E-state index contributed by atoms with van der Waals surface area (Å²) >= 11 is 0. The molecule has 0 saturated heterocycles. The van der Waals surface area contributed by atoms with E-state index in [2.05, 4.69) is 25.5 Å². The molecule has 3 aromatic rings. The molecule has 9 nitrogen and oxygen atoms in total. The second-order valence-corrected chi connectivity index (χ2v) is 6.53. The number of H-pyrrole nitrogens is 1. The quantitative estimate of drug-likeness (QED) is 0.747. The van der Waals surface area contributed by atoms with E-state index in [1.807, 2.05) is 6.07 Å². The molecule has 1 aliphatic rings. The lowest BCUT2D eigenvalue weighted by molar-refractivity contribution is -0.132. The number of benzene rings is 1. The van der Waals surface area contributed by atoms with E-state index in [0.29, 0.717) is 29.0 Å². The zero-order valence-electron chi connectivity index (χ0n) is 14.4. The number of likely N-dealkylation sites (N-methyl/N-ethyl adjacent to an activating group) is 1. The van der Waals surface area contributed by atoms with Gasteiger partial charge in [-0.05, 0) is 35.4 Å². The molecule has 134 valence electrons. The molecular weight excluding hydrogens is 334 g/mol. The van der Waals surface area contributed by atoms with Gasteiger partial charge in [-0.1, -0.05) is 18.6 Å². The van der Waals surface area contributed by atoms with Gasteiger partial charge in [0.05, 0.1) is 23.4 Å². The van der Waals surface area contributed by atoms with Crippen molar-refractivity contribution in [2.75, 3.05) is 7.05 Å². The summed E-state index contributed by atoms with van der Waals surface area (Å²) in [5.74, 6) is 0.625. The third-order valence-electron chi connectivity index (χ3n) is 4.71. The number of nitrogens with zero attached hydrogens (tertiary/aromatic N) is 6. The van der Waals surface area contributed by atoms with Crippen LogP contribution >= 0.6 is 0 Å². The fraction of sp³-hybridized carbons (Fsp3) is 0.412. The van der Waals surface area contributed by atoms with Gasteiger partial charge in [0.2, 0.25) is 5.91 Å². The predicted molar refractivity (Wildman–Crippen MR) is 93.2 cm³/mol. The predicted octanol–water partition coefficient (Wildman–Crippen LogP) is 0.836. The Labute approximate surface area is 149 Å². The van der Waals surface area contributed by atoms with Gasteiger partial charge in [-0.2, -0.15) is 0 Å². The van der Waals surface area contributed by atoms with Crippen LogP contribution in [0.2, 0.25) is 0 Å². The summed E-state index contributed by atoms with van der Waals surface area (Å²) in [6.07, 6.45) is 2.59. The van der Waals surface area contributed by atoms with E-state index in [-0.39, 0.29) is 23.9 Å². The van der Waals surface area contributed by atoms with Gasteiger partial charge < -0.3 is 9.88 Å². The standard InChI is InChI=1S/C17H19N7O2/c1-23(10-14-18-13-8-3-2-6-11(13)16(25)19-14)17(26)12-7-4-5-9-24-15(12)20-21-22-24/h2-3,6,8,12H,4-5,7,9-10H2,1H3,(H,18,19,25). The first-order valence-corrected chi connectivity index (χ1v) is 8.62. The highest BCUT2D eigenvalue weighted by Gasteiger charge is 2.30. The minimum atomic E-state index is -0.371. The van der Waals surface area contributed by atoms with E-state index in [1.54, 1.807) is 34.8 Å². The maximum Gasteiger partial charge on any atom is 0.258 e. The van der Waals surface area contributed by atoms with E-state index in [1.165, 1.54) is 0 Å². The largest absolute Gasteiger partial charge is 0.338 e. The highest BCUT2D eigenvalue weighted by molar-refractivity contribution is 5.82. The van der Waals surface area contributed by atoms with Crippen LogP contribution in [0.5, 0.6) is 0 Å². The molecule has 1 atom stereocenters. The SMILES string of the molecule is CN(Cc1nc2ccccc2c(=O)[nH]1)C(=O)C1CCCCn2nnnc21. The normalized spacial score (nSPS) is 16.9. The van der Waals surface area contributed by atoms with Crippen LogP contribution in [0.25, 0.3) is 10.9 Å². The number of para-hydroxylation sites is 1. The number of aromatic amines is 1. The molecule has 0 aliphatic carbocycles. The van der Waals surface area contributed by atoms with E-state index >= 15 is 0 Å². The van der Waals surface area contributed by atoms with Crippen molar-refractivity contribution in [1.29, 1.82) is 0 Å². The number of carbonyl (C=O) groups is 1. The van der Waals surface area contributed by atoms with Crippen molar-refractivity contribution in [2.45, 2.75) is 38.3 Å². The summed E-state index contributed by atoms with van der Waals surface area (Å²) in [5, 5.41) is 12.2. The van der Waals surface area contributed by atoms with E-state index in [0.717, 1.165) is 19.4 Å². The number of fused-ring (bicyclic) bond motifs is 2. The molecule has 0 saturated carbocycles. The molecule has 4 rings (SSSR count). The van der Waals surface area contributed by atoms with Crippen LogP contribution in [0.15, 0.2) is 29.1 Å². The van der Waals surface area contributed by atoms with Gasteiger partial charge in [0.1, 0.15) is 5.82 Å². The fourth-order valence-corrected chi connectivity index (χ4v) is 3.37. The summed E-state index contributed by atoms with van der Waals surface area (Å²) in [6, 6.07) is 7.14. The molecule has 2 aromatic heterocycles. The molecule has 1 aliphatic heterocycles. The minimum absolute atomic E-state index is 0.0706. The molecule has 26 heavy (non-hydrogen) atoms. The Morgan fingerprint density at radius 2 is 2.19 bits per heavy atom. The molecule has 0 spiro atoms. The Kier molecular flexibility index (Phi) is 4.19. The monoisotopic (exact) mass is 353 g/mol. The molecule has 1 unspecified atom stereocenters. The van der Waals surface area contributed by atoms with Gasteiger partial charge in [0.15, 0.2) is 5.82 Å². The molecule has 0 fully saturated rings. The van der Waals surface area contributed by atoms with Crippen molar-refractivity contribution < 1.29 is 4.79 Å². The number of tetrazole rings is 1. The van der Waals surface area contributed by atoms with Gasteiger partial charge in [0.25, 0.3) is 5.56 Å². The number of hydrogen-bond donors (Lipinski definition) is 1. The first-order valence-electron chi connectivity index (χ1n) is 8.62. The molecule has 3 heterocycles. The van der Waals surface area contributed by atoms with Gasteiger partial charge >= 0.3 is 0 Å². The van der Waals surface area contributed by atoms with Crippen molar-refractivity contribution in [2.24, 2.45) is 0 Å². The van der Waals surface area contributed by atoms with Crippen molar-refractivity contribution in [1.82, 2.24) is 35.1 Å². The van der Waals surface area contributed by atoms with Crippen LogP contribution in [-0.4, -0.2) is 48.0 Å². The maximum atomic E-state index is 13.0. The summed E-state index contributed by atoms with van der Waals surface area (Å²) in [5.41, 5.74) is 0.412. The van der Waals surface area contributed by atoms with Crippen molar-refractivity contribution in [3.8, 4) is 0 Å². The smallest absolute Gasteiger partial charge is 0.258 e. The lowest BCUT2D eigenvalue weighted by Crippen LogP contribution is -2.33. The molecule has 1 aromatic carbocycles. The highest BCUT2D eigenvalue weighted by Crippen LogP contribution is 2.26. The van der Waals surface area contributed by atoms with E-state index in [9.17, 15) is 9.59 Å². The second-order valence-electron chi connectivity index (χ2n) is 6.53. The Hall–Kier alpha value is -3.10. The van der Waals surface area contributed by atoms with Gasteiger partial charge in [-0.3, -0.25) is 9.59 Å². The second kappa shape index (κ2) is 6.66. The summed E-state index contributed by atoms with van der Waals surface area (Å²) < 4.78 is 1.71. The van der Waals surface area contributed by atoms with Crippen LogP contribution in [0.1, 0.15) is 36.8 Å². The first-order chi connectivity index (χ1) is 12.6. The molecule has 9 heteroatoms. The highest BCUT2D eigenvalue weighted by atomic mass is 16.2. The number of hydrogen-bond acceptors (Lipinski definition) is 6. The van der Waals surface area contributed by atoms with Crippen molar-refractivity contribution >= 4 is 16.8 Å². The zero-order valence-corrected chi connectivity index (χ0v) is 14.4. The topological polar surface area (TPSA) is 110 Å². The first kappa shape index (κ1) is 16.4. The number of rotatable bonds is 3. The number of aryl methyl sites for hydroxylation is 1. The van der Waals surface area contributed by atoms with Crippen LogP contribution in [-0.2, 0) is 17.9 Å². The Morgan fingerprint density at radius 1 is 1.35 bits per heavy atom. The lowest BCUT2D eigenvalue weighted by atomic mass is 10.0. The maximum absolute atomic E-state index is 13.0. The molecular formula is C17H19N7O2. The van der Waals surface area contributed by atoms with Gasteiger partial charge in [-0.15, -0.1) is 5.10 Å². The van der Waals surface area contributed by atoms with E-state index < -0.39 is 0 Å². The molecule has 1 N–H and O–H groups in total. The molecule has 1 amide bonds. The van der Waals surface area contributed by atoms with Gasteiger partial charge in [-0.25, -0.2) is 9.67 Å². The molecule has 0 bridgehead atoms. The van der Waals surface area contributed by atoms with Crippen molar-refractivity contribution in [3.63, 3.8) is 0 Å². The average Bonchev–Trinajstić information content (AvgIpc) is 3.00. The fourth-order valence-electron chi connectivity index (χ4n) is 3.37. The minimum Gasteiger partial charge on any atom is -0.338 e. The average molecular weight is 353 g/mol. The zero-order chi connectivity index (χ0) is 18.1. The third-order valence-corrected chi connectivity index (χ3v) is 4.71. The Bertz CT molecular complexity index is 1010. The number of aromatic nitrogens is 6. The third kappa shape index (κ3) is 2.96. The summed E-state index contributed by atoms with van der Waals surface area (Å²) in [4.78, 5) is 34.0. The molecule has 0 radical (unpaired) electrons. The number of amides is 1. The Morgan fingerprint density at radius 3 is 3.08 bits per heavy atom.